The molecule has 0 atom stereocenters. The summed E-state index contributed by atoms with van der Waals surface area (Å²) < 4.78 is 28.2. The largest absolute Gasteiger partial charge is 0.392 e. The van der Waals surface area contributed by atoms with E-state index < -0.39 is 11.6 Å². The van der Waals surface area contributed by atoms with Crippen molar-refractivity contribution < 1.29 is 13.9 Å². The molecule has 1 aliphatic heterocycles. The highest BCUT2D eigenvalue weighted by Crippen LogP contribution is 2.45. The van der Waals surface area contributed by atoms with E-state index in [9.17, 15) is 8.78 Å². The fraction of sp³-hybridized carbons (Fsp3) is 0.647. The molecule has 2 aliphatic rings. The average Bonchev–Trinajstić information content (AvgIpc) is 2.49. The predicted octanol–water partition coefficient (Wildman–Crippen LogP) is 4.01. The highest BCUT2D eigenvalue weighted by molar-refractivity contribution is 5.51. The third-order valence-corrected chi connectivity index (χ3v) is 5.31. The lowest BCUT2D eigenvalue weighted by atomic mass is 9.68. The number of nitrogens with zero attached hydrogens (tertiary/aromatic N) is 1. The molecule has 4 heteroatoms. The number of halogens is 2. The minimum Gasteiger partial charge on any atom is -0.392 e. The molecule has 2 fully saturated rings. The SMILES string of the molecule is OCc1cc(F)c(N2CCC3(CCCCC3)CC2)c(F)c1. The van der Waals surface area contributed by atoms with Crippen LogP contribution in [-0.2, 0) is 6.61 Å². The summed E-state index contributed by atoms with van der Waals surface area (Å²) in [6, 6.07) is 2.48. The Morgan fingerprint density at radius 3 is 2.05 bits per heavy atom. The second kappa shape index (κ2) is 5.91. The van der Waals surface area contributed by atoms with Gasteiger partial charge in [0.25, 0.3) is 0 Å². The van der Waals surface area contributed by atoms with E-state index in [1.54, 1.807) is 0 Å². The number of benzene rings is 1. The molecule has 2 nitrogen and oxygen atoms in total. The van der Waals surface area contributed by atoms with Crippen LogP contribution in [0.25, 0.3) is 0 Å². The van der Waals surface area contributed by atoms with Gasteiger partial charge in [-0.15, -0.1) is 0 Å². The molecule has 21 heavy (non-hydrogen) atoms. The molecule has 0 aromatic heterocycles. The molecule has 1 aromatic carbocycles. The second-order valence-corrected chi connectivity index (χ2v) is 6.61. The molecule has 1 saturated carbocycles. The van der Waals surface area contributed by atoms with Gasteiger partial charge in [0, 0.05) is 13.1 Å². The van der Waals surface area contributed by atoms with Crippen molar-refractivity contribution in [3.05, 3.63) is 29.3 Å². The Hall–Kier alpha value is -1.16. The van der Waals surface area contributed by atoms with Gasteiger partial charge in [-0.2, -0.15) is 0 Å². The van der Waals surface area contributed by atoms with Crippen LogP contribution in [0.1, 0.15) is 50.5 Å². The second-order valence-electron chi connectivity index (χ2n) is 6.61. The Balaban J connectivity index is 1.75. The molecule has 3 rings (SSSR count). The van der Waals surface area contributed by atoms with Crippen molar-refractivity contribution in [2.45, 2.75) is 51.6 Å². The molecule has 1 heterocycles. The maximum atomic E-state index is 14.1. The van der Waals surface area contributed by atoms with Crippen LogP contribution >= 0.6 is 0 Å². The van der Waals surface area contributed by atoms with Crippen molar-refractivity contribution in [3.8, 4) is 0 Å². The predicted molar refractivity (Wildman–Crippen MR) is 79.2 cm³/mol. The minimum absolute atomic E-state index is 0.0814. The minimum atomic E-state index is -0.557. The summed E-state index contributed by atoms with van der Waals surface area (Å²) in [7, 11) is 0. The standard InChI is InChI=1S/C17H23F2NO/c18-14-10-13(12-21)11-15(19)16(14)20-8-6-17(7-9-20)4-2-1-3-5-17/h10-11,21H,1-9,12H2. The molecule has 0 radical (unpaired) electrons. The molecular formula is C17H23F2NO. The quantitative estimate of drug-likeness (QED) is 0.891. The van der Waals surface area contributed by atoms with Crippen molar-refractivity contribution >= 4 is 5.69 Å². The number of rotatable bonds is 2. The fourth-order valence-corrected chi connectivity index (χ4v) is 4.02. The van der Waals surface area contributed by atoms with Crippen molar-refractivity contribution in [1.29, 1.82) is 0 Å². The molecule has 1 N–H and O–H groups in total. The van der Waals surface area contributed by atoms with Crippen LogP contribution in [0, 0.1) is 17.0 Å². The van der Waals surface area contributed by atoms with Gasteiger partial charge >= 0.3 is 0 Å². The summed E-state index contributed by atoms with van der Waals surface area (Å²) in [4.78, 5) is 1.84. The molecule has 0 unspecified atom stereocenters. The van der Waals surface area contributed by atoms with E-state index in [1.807, 2.05) is 4.90 Å². The average molecular weight is 295 g/mol. The van der Waals surface area contributed by atoms with E-state index in [0.717, 1.165) is 25.9 Å². The van der Waals surface area contributed by atoms with Gasteiger partial charge < -0.3 is 10.0 Å². The maximum Gasteiger partial charge on any atom is 0.149 e. The summed E-state index contributed by atoms with van der Waals surface area (Å²) in [5, 5.41) is 9.01. The maximum absolute atomic E-state index is 14.1. The smallest absolute Gasteiger partial charge is 0.149 e. The first kappa shape index (κ1) is 14.8. The molecule has 1 saturated heterocycles. The van der Waals surface area contributed by atoms with Gasteiger partial charge in [0.15, 0.2) is 0 Å². The third kappa shape index (κ3) is 2.91. The number of aliphatic hydroxyl groups is 1. The van der Waals surface area contributed by atoms with Gasteiger partial charge in [-0.3, -0.25) is 0 Å². The van der Waals surface area contributed by atoms with Crippen LogP contribution in [-0.4, -0.2) is 18.2 Å². The summed E-state index contributed by atoms with van der Waals surface area (Å²) in [6.45, 7) is 1.12. The van der Waals surface area contributed by atoms with Crippen molar-refractivity contribution in [1.82, 2.24) is 0 Å². The van der Waals surface area contributed by atoms with Crippen molar-refractivity contribution in [3.63, 3.8) is 0 Å². The zero-order valence-electron chi connectivity index (χ0n) is 12.4. The highest BCUT2D eigenvalue weighted by Gasteiger charge is 2.36. The highest BCUT2D eigenvalue weighted by atomic mass is 19.1. The van der Waals surface area contributed by atoms with Gasteiger partial charge in [0.05, 0.1) is 6.61 Å². The van der Waals surface area contributed by atoms with Crippen molar-refractivity contribution in [2.24, 2.45) is 5.41 Å². The van der Waals surface area contributed by atoms with Crippen LogP contribution in [0.5, 0.6) is 0 Å². The van der Waals surface area contributed by atoms with E-state index in [0.29, 0.717) is 5.41 Å². The van der Waals surface area contributed by atoms with Gasteiger partial charge in [-0.25, -0.2) is 8.78 Å². The van der Waals surface area contributed by atoms with Crippen LogP contribution in [0.15, 0.2) is 12.1 Å². The lowest BCUT2D eigenvalue weighted by Crippen LogP contribution is -2.41. The van der Waals surface area contributed by atoms with E-state index in [1.165, 1.54) is 44.2 Å². The third-order valence-electron chi connectivity index (χ3n) is 5.31. The molecule has 1 aromatic rings. The topological polar surface area (TPSA) is 23.5 Å². The van der Waals surface area contributed by atoms with Crippen LogP contribution in [0.3, 0.4) is 0 Å². The number of piperidine rings is 1. The molecule has 1 spiro atoms. The fourth-order valence-electron chi connectivity index (χ4n) is 4.02. The van der Waals surface area contributed by atoms with Crippen LogP contribution in [0.4, 0.5) is 14.5 Å². The van der Waals surface area contributed by atoms with Crippen LogP contribution < -0.4 is 4.90 Å². The van der Waals surface area contributed by atoms with Gasteiger partial charge in [0.1, 0.15) is 17.3 Å². The van der Waals surface area contributed by atoms with Crippen molar-refractivity contribution in [2.75, 3.05) is 18.0 Å². The number of aliphatic hydroxyl groups excluding tert-OH is 1. The van der Waals surface area contributed by atoms with Crippen LogP contribution in [0.2, 0.25) is 0 Å². The van der Waals surface area contributed by atoms with Gasteiger partial charge in [-0.05, 0) is 48.8 Å². The monoisotopic (exact) mass is 295 g/mol. The molecule has 1 aliphatic carbocycles. The number of anilines is 1. The number of hydrogen-bond donors (Lipinski definition) is 1. The van der Waals surface area contributed by atoms with E-state index in [-0.39, 0.29) is 17.9 Å². The Kier molecular flexibility index (Phi) is 4.16. The molecule has 116 valence electrons. The lowest BCUT2D eigenvalue weighted by Gasteiger charge is -2.45. The zero-order valence-corrected chi connectivity index (χ0v) is 12.4. The summed E-state index contributed by atoms with van der Waals surface area (Å²) in [5.41, 5.74) is 0.791. The Morgan fingerprint density at radius 1 is 0.952 bits per heavy atom. The first-order chi connectivity index (χ1) is 10.1. The Morgan fingerprint density at radius 2 is 1.52 bits per heavy atom. The summed E-state index contributed by atoms with van der Waals surface area (Å²) in [5.74, 6) is -1.11. The molecule has 0 bridgehead atoms. The normalized spacial score (nSPS) is 21.8. The van der Waals surface area contributed by atoms with E-state index in [4.69, 9.17) is 5.11 Å². The number of hydrogen-bond acceptors (Lipinski definition) is 2. The Bertz CT molecular complexity index is 479. The summed E-state index contributed by atoms with van der Waals surface area (Å²) >= 11 is 0. The van der Waals surface area contributed by atoms with E-state index >= 15 is 0 Å². The van der Waals surface area contributed by atoms with Gasteiger partial charge in [-0.1, -0.05) is 19.3 Å². The molecule has 0 amide bonds. The Labute approximate surface area is 124 Å². The van der Waals surface area contributed by atoms with Gasteiger partial charge in [0.2, 0.25) is 0 Å². The molecular weight excluding hydrogens is 272 g/mol. The first-order valence-electron chi connectivity index (χ1n) is 7.97. The lowest BCUT2D eigenvalue weighted by molar-refractivity contribution is 0.144. The van der Waals surface area contributed by atoms with E-state index in [2.05, 4.69) is 0 Å². The first-order valence-corrected chi connectivity index (χ1v) is 7.97. The summed E-state index contributed by atoms with van der Waals surface area (Å²) in [6.07, 6.45) is 8.55. The zero-order chi connectivity index (χ0) is 14.9.